The minimum atomic E-state index is -4.50. The van der Waals surface area contributed by atoms with Crippen LogP contribution in [0.2, 0.25) is 0 Å². The molecule has 0 aliphatic carbocycles. The zero-order chi connectivity index (χ0) is 17.7. The average Bonchev–Trinajstić information content (AvgIpc) is 2.54. The molecule has 0 saturated heterocycles. The monoisotopic (exact) mass is 448 g/mol. The number of hydrogen-bond donors (Lipinski definition) is 1. The van der Waals surface area contributed by atoms with Crippen molar-refractivity contribution in [1.82, 2.24) is 5.43 Å². The van der Waals surface area contributed by atoms with E-state index in [0.29, 0.717) is 11.3 Å². The van der Waals surface area contributed by atoms with Crippen LogP contribution in [0.4, 0.5) is 13.2 Å². The van der Waals surface area contributed by atoms with Crippen LogP contribution in [-0.4, -0.2) is 19.2 Å². The van der Waals surface area contributed by atoms with E-state index < -0.39 is 17.6 Å². The van der Waals surface area contributed by atoms with Crippen LogP contribution in [0, 0.1) is 3.57 Å². The molecule has 0 radical (unpaired) electrons. The first-order chi connectivity index (χ1) is 11.3. The maximum Gasteiger partial charge on any atom is 0.416 e. The number of carbonyl (C=O) groups excluding carboxylic acids is 1. The third-order valence-corrected chi connectivity index (χ3v) is 3.85. The second kappa shape index (κ2) is 7.65. The summed E-state index contributed by atoms with van der Waals surface area (Å²) in [6, 6.07) is 9.42. The van der Waals surface area contributed by atoms with Crippen LogP contribution in [0.5, 0.6) is 5.75 Å². The summed E-state index contributed by atoms with van der Waals surface area (Å²) in [4.78, 5) is 11.9. The van der Waals surface area contributed by atoms with E-state index in [-0.39, 0.29) is 5.56 Å². The van der Waals surface area contributed by atoms with Crippen molar-refractivity contribution < 1.29 is 22.7 Å². The van der Waals surface area contributed by atoms with Gasteiger partial charge < -0.3 is 4.74 Å². The summed E-state index contributed by atoms with van der Waals surface area (Å²) in [5.41, 5.74) is 1.91. The van der Waals surface area contributed by atoms with E-state index in [0.717, 1.165) is 15.7 Å². The van der Waals surface area contributed by atoms with E-state index in [1.54, 1.807) is 25.3 Å². The second-order valence-corrected chi connectivity index (χ2v) is 5.83. The molecule has 4 nitrogen and oxygen atoms in total. The Morgan fingerprint density at radius 2 is 2.00 bits per heavy atom. The Bertz CT molecular complexity index is 776. The molecular weight excluding hydrogens is 436 g/mol. The highest BCUT2D eigenvalue weighted by Gasteiger charge is 2.30. The molecule has 0 unspecified atom stereocenters. The van der Waals surface area contributed by atoms with Gasteiger partial charge in [0.15, 0.2) is 0 Å². The Morgan fingerprint density at radius 1 is 1.25 bits per heavy atom. The van der Waals surface area contributed by atoms with Gasteiger partial charge in [-0.15, -0.1) is 0 Å². The molecule has 0 aliphatic heterocycles. The van der Waals surface area contributed by atoms with Gasteiger partial charge in [0.2, 0.25) is 0 Å². The lowest BCUT2D eigenvalue weighted by Crippen LogP contribution is -2.18. The number of methoxy groups -OCH3 is 1. The van der Waals surface area contributed by atoms with Gasteiger partial charge in [0, 0.05) is 5.56 Å². The number of benzene rings is 2. The molecule has 24 heavy (non-hydrogen) atoms. The quantitative estimate of drug-likeness (QED) is 0.436. The largest absolute Gasteiger partial charge is 0.496 e. The highest BCUT2D eigenvalue weighted by atomic mass is 127. The van der Waals surface area contributed by atoms with Gasteiger partial charge in [0.25, 0.3) is 5.91 Å². The van der Waals surface area contributed by atoms with Gasteiger partial charge >= 0.3 is 6.18 Å². The average molecular weight is 448 g/mol. The number of rotatable bonds is 4. The summed E-state index contributed by atoms with van der Waals surface area (Å²) < 4.78 is 43.9. The predicted octanol–water partition coefficient (Wildman–Crippen LogP) is 4.08. The zero-order valence-electron chi connectivity index (χ0n) is 12.4. The fourth-order valence-electron chi connectivity index (χ4n) is 1.83. The van der Waals surface area contributed by atoms with E-state index >= 15 is 0 Å². The number of alkyl halides is 3. The molecule has 0 aromatic heterocycles. The van der Waals surface area contributed by atoms with Crippen molar-refractivity contribution >= 4 is 34.7 Å². The summed E-state index contributed by atoms with van der Waals surface area (Å²) in [6.07, 6.45) is -3.10. The van der Waals surface area contributed by atoms with Crippen molar-refractivity contribution in [1.29, 1.82) is 0 Å². The first kappa shape index (κ1) is 18.2. The number of halogens is 4. The van der Waals surface area contributed by atoms with Crippen molar-refractivity contribution in [2.24, 2.45) is 5.10 Å². The molecular formula is C16H12F3IN2O2. The highest BCUT2D eigenvalue weighted by Crippen LogP contribution is 2.29. The number of nitrogens with zero attached hydrogens (tertiary/aromatic N) is 1. The summed E-state index contributed by atoms with van der Waals surface area (Å²) >= 11 is 2.09. The third kappa shape index (κ3) is 4.70. The summed E-state index contributed by atoms with van der Waals surface area (Å²) in [5, 5.41) is 3.76. The number of hydrazone groups is 1. The van der Waals surface area contributed by atoms with Gasteiger partial charge in [-0.2, -0.15) is 18.3 Å². The highest BCUT2D eigenvalue weighted by molar-refractivity contribution is 14.1. The maximum absolute atomic E-state index is 12.6. The Labute approximate surface area is 149 Å². The maximum atomic E-state index is 12.6. The van der Waals surface area contributed by atoms with Gasteiger partial charge in [-0.1, -0.05) is 6.07 Å². The number of amides is 1. The normalized spacial score (nSPS) is 11.5. The molecule has 0 spiro atoms. The molecule has 0 heterocycles. The summed E-state index contributed by atoms with van der Waals surface area (Å²) in [5.74, 6) is -0.0127. The van der Waals surface area contributed by atoms with Crippen LogP contribution in [0.15, 0.2) is 47.6 Å². The number of carbonyl (C=O) groups is 1. The van der Waals surface area contributed by atoms with Crippen molar-refractivity contribution in [2.45, 2.75) is 6.18 Å². The van der Waals surface area contributed by atoms with E-state index in [9.17, 15) is 18.0 Å². The third-order valence-electron chi connectivity index (χ3n) is 3.01. The van der Waals surface area contributed by atoms with Gasteiger partial charge in [-0.05, 0) is 64.6 Å². The molecule has 2 rings (SSSR count). The molecule has 0 atom stereocenters. The Kier molecular flexibility index (Phi) is 5.81. The van der Waals surface area contributed by atoms with E-state index in [2.05, 4.69) is 33.1 Å². The first-order valence-electron chi connectivity index (χ1n) is 6.65. The minimum absolute atomic E-state index is 0.119. The summed E-state index contributed by atoms with van der Waals surface area (Å²) in [7, 11) is 1.56. The van der Waals surface area contributed by atoms with Gasteiger partial charge in [0.1, 0.15) is 5.75 Å². The minimum Gasteiger partial charge on any atom is -0.496 e. The standard InChI is InChI=1S/C16H12F3IN2O2/c1-24-14-6-5-10(7-13(14)20)9-21-22-15(23)11-3-2-4-12(8-11)16(17,18)19/h2-9H,1H3,(H,22,23)/b21-9-. The smallest absolute Gasteiger partial charge is 0.416 e. The van der Waals surface area contributed by atoms with Gasteiger partial charge in [-0.3, -0.25) is 4.79 Å². The molecule has 0 fully saturated rings. The van der Waals surface area contributed by atoms with E-state index in [4.69, 9.17) is 4.74 Å². The second-order valence-electron chi connectivity index (χ2n) is 4.67. The fourth-order valence-corrected chi connectivity index (χ4v) is 2.59. The van der Waals surface area contributed by atoms with Gasteiger partial charge in [-0.25, -0.2) is 5.43 Å². The van der Waals surface area contributed by atoms with E-state index in [1.807, 2.05) is 0 Å². The lowest BCUT2D eigenvalue weighted by Gasteiger charge is -2.07. The molecule has 1 amide bonds. The van der Waals surface area contributed by atoms with Crippen LogP contribution in [0.1, 0.15) is 21.5 Å². The van der Waals surface area contributed by atoms with Crippen molar-refractivity contribution in [2.75, 3.05) is 7.11 Å². The molecule has 8 heteroatoms. The SMILES string of the molecule is COc1ccc(/C=N\NC(=O)c2cccc(C(F)(F)F)c2)cc1I. The molecule has 2 aromatic carbocycles. The molecule has 1 N–H and O–H groups in total. The lowest BCUT2D eigenvalue weighted by atomic mass is 10.1. The number of ether oxygens (including phenoxy) is 1. The fraction of sp³-hybridized carbons (Fsp3) is 0.125. The molecule has 2 aromatic rings. The first-order valence-corrected chi connectivity index (χ1v) is 7.73. The zero-order valence-corrected chi connectivity index (χ0v) is 14.6. The molecule has 0 bridgehead atoms. The van der Waals surface area contributed by atoms with E-state index in [1.165, 1.54) is 18.3 Å². The lowest BCUT2D eigenvalue weighted by molar-refractivity contribution is -0.137. The number of nitrogens with one attached hydrogen (secondary N) is 1. The predicted molar refractivity (Wildman–Crippen MR) is 92.2 cm³/mol. The molecule has 0 aliphatic rings. The van der Waals surface area contributed by atoms with Crippen molar-refractivity contribution in [3.8, 4) is 5.75 Å². The van der Waals surface area contributed by atoms with Crippen LogP contribution in [-0.2, 0) is 6.18 Å². The molecule has 126 valence electrons. The topological polar surface area (TPSA) is 50.7 Å². The van der Waals surface area contributed by atoms with Crippen LogP contribution < -0.4 is 10.2 Å². The van der Waals surface area contributed by atoms with Crippen molar-refractivity contribution in [3.05, 3.63) is 62.7 Å². The van der Waals surface area contributed by atoms with Crippen LogP contribution in [0.3, 0.4) is 0 Å². The van der Waals surface area contributed by atoms with Crippen molar-refractivity contribution in [3.63, 3.8) is 0 Å². The number of hydrogen-bond acceptors (Lipinski definition) is 3. The summed E-state index contributed by atoms with van der Waals surface area (Å²) in [6.45, 7) is 0. The van der Waals surface area contributed by atoms with Crippen LogP contribution >= 0.6 is 22.6 Å². The van der Waals surface area contributed by atoms with Crippen LogP contribution in [0.25, 0.3) is 0 Å². The van der Waals surface area contributed by atoms with Gasteiger partial charge in [0.05, 0.1) is 22.5 Å². The Balaban J connectivity index is 2.06. The molecule has 0 saturated carbocycles. The Morgan fingerprint density at radius 3 is 2.62 bits per heavy atom. The Hall–Kier alpha value is -2.10.